The summed E-state index contributed by atoms with van der Waals surface area (Å²) in [6, 6.07) is 4.08. The highest BCUT2D eigenvalue weighted by atomic mass is 19.4. The quantitative estimate of drug-likeness (QED) is 0.922. The zero-order valence-corrected chi connectivity index (χ0v) is 11.7. The zero-order chi connectivity index (χ0) is 15.5. The summed E-state index contributed by atoms with van der Waals surface area (Å²) in [6.45, 7) is 0.0275. The molecular weight excluding hydrogens is 283 g/mol. The van der Waals surface area contributed by atoms with Gasteiger partial charge in [0.25, 0.3) is 0 Å². The average molecular weight is 299 g/mol. The molecule has 0 amide bonds. The van der Waals surface area contributed by atoms with Gasteiger partial charge in [-0.25, -0.2) is 4.98 Å². The standard InChI is InChI=1S/C14H16F3N3O/c1-20-8-7-18-12(20)9-19-13(14(15,16)17)10-3-5-11(21-2)6-4-10/h3-8,13,19H,9H2,1-2H3/t13-/m1/s1. The molecule has 1 atom stereocenters. The minimum absolute atomic E-state index is 0.0275. The molecule has 0 bridgehead atoms. The Morgan fingerprint density at radius 3 is 2.43 bits per heavy atom. The van der Waals surface area contributed by atoms with Crippen LogP contribution in [0.15, 0.2) is 36.7 Å². The number of hydrogen-bond acceptors (Lipinski definition) is 3. The summed E-state index contributed by atoms with van der Waals surface area (Å²) in [5.74, 6) is 1.06. The van der Waals surface area contributed by atoms with Gasteiger partial charge in [-0.15, -0.1) is 0 Å². The number of hydrogen-bond donors (Lipinski definition) is 1. The van der Waals surface area contributed by atoms with Crippen LogP contribution in [-0.2, 0) is 13.6 Å². The van der Waals surface area contributed by atoms with Gasteiger partial charge < -0.3 is 9.30 Å². The lowest BCUT2D eigenvalue weighted by molar-refractivity contribution is -0.158. The van der Waals surface area contributed by atoms with Crippen molar-refractivity contribution in [1.82, 2.24) is 14.9 Å². The van der Waals surface area contributed by atoms with Crippen LogP contribution in [0.4, 0.5) is 13.2 Å². The third-order valence-electron chi connectivity index (χ3n) is 3.16. The highest BCUT2D eigenvalue weighted by Crippen LogP contribution is 2.33. The van der Waals surface area contributed by atoms with Crippen molar-refractivity contribution in [3.05, 3.63) is 48.0 Å². The van der Waals surface area contributed by atoms with Crippen LogP contribution < -0.4 is 10.1 Å². The molecule has 2 aromatic rings. The van der Waals surface area contributed by atoms with Crippen molar-refractivity contribution in [1.29, 1.82) is 0 Å². The molecule has 0 radical (unpaired) electrons. The van der Waals surface area contributed by atoms with Gasteiger partial charge in [-0.05, 0) is 17.7 Å². The fourth-order valence-electron chi connectivity index (χ4n) is 1.98. The molecule has 0 unspecified atom stereocenters. The summed E-state index contributed by atoms with van der Waals surface area (Å²) in [6.07, 6.45) is -1.15. The van der Waals surface area contributed by atoms with Crippen molar-refractivity contribution < 1.29 is 17.9 Å². The highest BCUT2D eigenvalue weighted by molar-refractivity contribution is 5.29. The second-order valence-electron chi connectivity index (χ2n) is 4.58. The first-order chi connectivity index (χ1) is 9.91. The molecule has 1 aromatic carbocycles. The third kappa shape index (κ3) is 3.75. The van der Waals surface area contributed by atoms with E-state index in [4.69, 9.17) is 4.74 Å². The van der Waals surface area contributed by atoms with Crippen LogP contribution in [0, 0.1) is 0 Å². The molecule has 0 aliphatic rings. The van der Waals surface area contributed by atoms with E-state index in [0.717, 1.165) is 0 Å². The molecule has 0 aliphatic carbocycles. The van der Waals surface area contributed by atoms with Gasteiger partial charge in [0.2, 0.25) is 0 Å². The number of ether oxygens (including phenoxy) is 1. The Labute approximate surface area is 120 Å². The summed E-state index contributed by atoms with van der Waals surface area (Å²) in [4.78, 5) is 4.00. The number of rotatable bonds is 5. The number of alkyl halides is 3. The van der Waals surface area contributed by atoms with Crippen LogP contribution in [-0.4, -0.2) is 22.8 Å². The van der Waals surface area contributed by atoms with Crippen molar-refractivity contribution in [3.8, 4) is 5.75 Å². The molecule has 0 fully saturated rings. The first-order valence-electron chi connectivity index (χ1n) is 6.32. The number of benzene rings is 1. The fourth-order valence-corrected chi connectivity index (χ4v) is 1.98. The van der Waals surface area contributed by atoms with E-state index >= 15 is 0 Å². The van der Waals surface area contributed by atoms with E-state index in [1.807, 2.05) is 0 Å². The molecule has 0 saturated carbocycles. The lowest BCUT2D eigenvalue weighted by Gasteiger charge is -2.22. The van der Waals surface area contributed by atoms with E-state index in [1.54, 1.807) is 24.0 Å². The van der Waals surface area contributed by atoms with Crippen molar-refractivity contribution >= 4 is 0 Å². The van der Waals surface area contributed by atoms with E-state index in [9.17, 15) is 13.2 Å². The molecule has 0 saturated heterocycles. The Hall–Kier alpha value is -2.02. The first-order valence-corrected chi connectivity index (χ1v) is 6.32. The predicted octanol–water partition coefficient (Wildman–Crippen LogP) is 2.82. The molecule has 0 spiro atoms. The number of imidazole rings is 1. The van der Waals surface area contributed by atoms with Crippen LogP contribution in [0.1, 0.15) is 17.4 Å². The summed E-state index contributed by atoms with van der Waals surface area (Å²) in [7, 11) is 3.20. The monoisotopic (exact) mass is 299 g/mol. The Kier molecular flexibility index (Phi) is 4.52. The van der Waals surface area contributed by atoms with Gasteiger partial charge in [0.05, 0.1) is 13.7 Å². The van der Waals surface area contributed by atoms with Gasteiger partial charge in [-0.1, -0.05) is 12.1 Å². The van der Waals surface area contributed by atoms with Crippen molar-refractivity contribution in [2.75, 3.05) is 7.11 Å². The Morgan fingerprint density at radius 1 is 1.29 bits per heavy atom. The van der Waals surface area contributed by atoms with Gasteiger partial charge in [0.1, 0.15) is 17.6 Å². The van der Waals surface area contributed by atoms with Crippen molar-refractivity contribution in [2.24, 2.45) is 7.05 Å². The molecular formula is C14H16F3N3O. The second-order valence-corrected chi connectivity index (χ2v) is 4.58. The molecule has 1 aromatic heterocycles. The lowest BCUT2D eigenvalue weighted by atomic mass is 10.1. The molecule has 2 rings (SSSR count). The van der Waals surface area contributed by atoms with Crippen LogP contribution in [0.25, 0.3) is 0 Å². The van der Waals surface area contributed by atoms with Crippen LogP contribution in [0.5, 0.6) is 5.75 Å². The number of nitrogens with zero attached hydrogens (tertiary/aromatic N) is 2. The Bertz CT molecular complexity index is 578. The van der Waals surface area contributed by atoms with E-state index < -0.39 is 12.2 Å². The maximum absolute atomic E-state index is 13.2. The van der Waals surface area contributed by atoms with Gasteiger partial charge in [0, 0.05) is 19.4 Å². The molecule has 1 N–H and O–H groups in total. The number of halogens is 3. The van der Waals surface area contributed by atoms with Crippen molar-refractivity contribution in [2.45, 2.75) is 18.8 Å². The molecule has 21 heavy (non-hydrogen) atoms. The van der Waals surface area contributed by atoms with Gasteiger partial charge >= 0.3 is 6.18 Å². The third-order valence-corrected chi connectivity index (χ3v) is 3.16. The van der Waals surface area contributed by atoms with Crippen LogP contribution in [0.2, 0.25) is 0 Å². The van der Waals surface area contributed by atoms with Crippen LogP contribution in [0.3, 0.4) is 0 Å². The minimum atomic E-state index is -4.39. The summed E-state index contributed by atoms with van der Waals surface area (Å²) >= 11 is 0. The highest BCUT2D eigenvalue weighted by Gasteiger charge is 2.40. The zero-order valence-electron chi connectivity index (χ0n) is 11.7. The molecule has 0 aliphatic heterocycles. The number of nitrogens with one attached hydrogen (secondary N) is 1. The predicted molar refractivity (Wildman–Crippen MR) is 71.8 cm³/mol. The largest absolute Gasteiger partial charge is 0.497 e. The minimum Gasteiger partial charge on any atom is -0.497 e. The van der Waals surface area contributed by atoms with E-state index in [-0.39, 0.29) is 12.1 Å². The van der Waals surface area contributed by atoms with E-state index in [2.05, 4.69) is 10.3 Å². The SMILES string of the molecule is COc1ccc([C@@H](NCc2nccn2C)C(F)(F)F)cc1. The number of methoxy groups -OCH3 is 1. The first kappa shape index (κ1) is 15.4. The molecule has 1 heterocycles. The van der Waals surface area contributed by atoms with Crippen molar-refractivity contribution in [3.63, 3.8) is 0 Å². The lowest BCUT2D eigenvalue weighted by Crippen LogP contribution is -2.34. The Morgan fingerprint density at radius 2 is 1.95 bits per heavy atom. The normalized spacial score (nSPS) is 13.2. The molecule has 7 heteroatoms. The number of aromatic nitrogens is 2. The topological polar surface area (TPSA) is 39.1 Å². The van der Waals surface area contributed by atoms with E-state index in [0.29, 0.717) is 11.6 Å². The maximum Gasteiger partial charge on any atom is 0.407 e. The van der Waals surface area contributed by atoms with E-state index in [1.165, 1.54) is 31.4 Å². The van der Waals surface area contributed by atoms with Gasteiger partial charge in [-0.2, -0.15) is 13.2 Å². The second kappa shape index (κ2) is 6.17. The summed E-state index contributed by atoms with van der Waals surface area (Å²) in [5, 5.41) is 2.51. The van der Waals surface area contributed by atoms with Gasteiger partial charge in [0.15, 0.2) is 0 Å². The summed E-state index contributed by atoms with van der Waals surface area (Å²) < 4.78 is 46.2. The van der Waals surface area contributed by atoms with Gasteiger partial charge in [-0.3, -0.25) is 5.32 Å². The maximum atomic E-state index is 13.2. The fraction of sp³-hybridized carbons (Fsp3) is 0.357. The smallest absolute Gasteiger partial charge is 0.407 e. The van der Waals surface area contributed by atoms with Crippen LogP contribution >= 0.6 is 0 Å². The Balaban J connectivity index is 2.16. The molecule has 4 nitrogen and oxygen atoms in total. The molecule has 114 valence electrons. The summed E-state index contributed by atoms with van der Waals surface area (Å²) in [5.41, 5.74) is 0.137. The number of aryl methyl sites for hydroxylation is 1. The average Bonchev–Trinajstić information content (AvgIpc) is 2.84.